The van der Waals surface area contributed by atoms with Crippen LogP contribution in [-0.2, 0) is 0 Å². The number of hydrogen-bond donors (Lipinski definition) is 2. The lowest BCUT2D eigenvalue weighted by atomic mass is 10.1. The molecule has 0 bridgehead atoms. The molecule has 0 aliphatic heterocycles. The summed E-state index contributed by atoms with van der Waals surface area (Å²) < 4.78 is 10.5. The largest absolute Gasteiger partial charge is 0.496 e. The molecule has 100 valence electrons. The Kier molecular flexibility index (Phi) is 3.41. The fourth-order valence-electron chi connectivity index (χ4n) is 1.90. The Morgan fingerprint density at radius 1 is 1.26 bits per heavy atom. The zero-order valence-electron chi connectivity index (χ0n) is 10.9. The van der Waals surface area contributed by atoms with E-state index in [2.05, 4.69) is 9.97 Å². The molecule has 2 rings (SSSR count). The van der Waals surface area contributed by atoms with E-state index in [0.717, 1.165) is 5.56 Å². The summed E-state index contributed by atoms with van der Waals surface area (Å²) in [5, 5.41) is 9.12. The lowest BCUT2D eigenvalue weighted by Crippen LogP contribution is -2.01. The minimum atomic E-state index is -1.07. The molecule has 0 saturated heterocycles. The van der Waals surface area contributed by atoms with Gasteiger partial charge in [-0.3, -0.25) is 0 Å². The summed E-state index contributed by atoms with van der Waals surface area (Å²) in [7, 11) is 3.08. The minimum absolute atomic E-state index is 0.0178. The molecule has 1 heterocycles. The van der Waals surface area contributed by atoms with Crippen LogP contribution in [0.1, 0.15) is 16.1 Å². The smallest absolute Gasteiger partial charge is 0.354 e. The molecule has 0 fully saturated rings. The zero-order chi connectivity index (χ0) is 14.0. The van der Waals surface area contributed by atoms with Crippen LogP contribution in [0, 0.1) is 6.92 Å². The summed E-state index contributed by atoms with van der Waals surface area (Å²) in [6.07, 6.45) is 1.34. The van der Waals surface area contributed by atoms with Crippen LogP contribution in [0.15, 0.2) is 18.5 Å². The zero-order valence-corrected chi connectivity index (χ0v) is 10.9. The molecule has 1 aromatic heterocycles. The average Bonchev–Trinajstić information content (AvgIpc) is 2.87. The summed E-state index contributed by atoms with van der Waals surface area (Å²) in [5.41, 5.74) is 1.81. The van der Waals surface area contributed by atoms with E-state index >= 15 is 0 Å². The first kappa shape index (κ1) is 12.9. The highest BCUT2D eigenvalue weighted by molar-refractivity contribution is 5.94. The van der Waals surface area contributed by atoms with Crippen LogP contribution in [0.2, 0.25) is 0 Å². The van der Waals surface area contributed by atoms with Gasteiger partial charge in [0.1, 0.15) is 17.2 Å². The average molecular weight is 262 g/mol. The summed E-state index contributed by atoms with van der Waals surface area (Å²) in [6.45, 7) is 1.88. The monoisotopic (exact) mass is 262 g/mol. The Morgan fingerprint density at radius 2 is 1.95 bits per heavy atom. The second-order valence-electron chi connectivity index (χ2n) is 3.95. The third-order valence-corrected chi connectivity index (χ3v) is 2.83. The van der Waals surface area contributed by atoms with Gasteiger partial charge in [0.2, 0.25) is 0 Å². The Hall–Kier alpha value is -2.50. The van der Waals surface area contributed by atoms with Crippen molar-refractivity contribution in [3.05, 3.63) is 29.7 Å². The molecule has 0 atom stereocenters. The SMILES string of the molecule is COc1cc(-c2nc[nH]c2C(=O)O)c(OC)cc1C. The number of hydrogen-bond acceptors (Lipinski definition) is 4. The lowest BCUT2D eigenvalue weighted by molar-refractivity contribution is 0.0692. The number of imidazole rings is 1. The number of carboxylic acids is 1. The number of carbonyl (C=O) groups is 1. The Labute approximate surface area is 110 Å². The van der Waals surface area contributed by atoms with E-state index in [1.54, 1.807) is 19.2 Å². The van der Waals surface area contributed by atoms with Crippen molar-refractivity contribution in [2.45, 2.75) is 6.92 Å². The molecule has 0 aliphatic carbocycles. The van der Waals surface area contributed by atoms with Crippen LogP contribution in [0.5, 0.6) is 11.5 Å². The normalized spacial score (nSPS) is 10.3. The molecule has 2 N–H and O–H groups in total. The van der Waals surface area contributed by atoms with Crippen molar-refractivity contribution >= 4 is 5.97 Å². The molecule has 2 aromatic rings. The van der Waals surface area contributed by atoms with E-state index in [1.807, 2.05) is 6.92 Å². The first-order chi connectivity index (χ1) is 9.08. The van der Waals surface area contributed by atoms with Gasteiger partial charge in [0, 0.05) is 5.56 Å². The number of aromatic nitrogens is 2. The number of methoxy groups -OCH3 is 2. The first-order valence-electron chi connectivity index (χ1n) is 5.58. The molecular weight excluding hydrogens is 248 g/mol. The maximum absolute atomic E-state index is 11.1. The molecule has 0 spiro atoms. The van der Waals surface area contributed by atoms with Crippen LogP contribution >= 0.6 is 0 Å². The van der Waals surface area contributed by atoms with E-state index in [4.69, 9.17) is 14.6 Å². The van der Waals surface area contributed by atoms with Crippen molar-refractivity contribution < 1.29 is 19.4 Å². The van der Waals surface area contributed by atoms with Gasteiger partial charge < -0.3 is 19.6 Å². The van der Waals surface area contributed by atoms with Crippen LogP contribution in [0.4, 0.5) is 0 Å². The molecular formula is C13H14N2O4. The number of H-pyrrole nitrogens is 1. The van der Waals surface area contributed by atoms with Gasteiger partial charge in [0.05, 0.1) is 20.5 Å². The first-order valence-corrected chi connectivity index (χ1v) is 5.58. The Morgan fingerprint density at radius 3 is 2.53 bits per heavy atom. The number of nitrogens with zero attached hydrogens (tertiary/aromatic N) is 1. The van der Waals surface area contributed by atoms with Gasteiger partial charge in [-0.05, 0) is 24.6 Å². The molecule has 6 heteroatoms. The van der Waals surface area contributed by atoms with Crippen LogP contribution in [0.25, 0.3) is 11.3 Å². The highest BCUT2D eigenvalue weighted by Gasteiger charge is 2.19. The van der Waals surface area contributed by atoms with Gasteiger partial charge in [-0.15, -0.1) is 0 Å². The quantitative estimate of drug-likeness (QED) is 0.881. The maximum Gasteiger partial charge on any atom is 0.354 e. The predicted molar refractivity (Wildman–Crippen MR) is 68.8 cm³/mol. The second kappa shape index (κ2) is 5.01. The number of nitrogens with one attached hydrogen (secondary N) is 1. The van der Waals surface area contributed by atoms with Crippen LogP contribution in [-0.4, -0.2) is 35.3 Å². The van der Waals surface area contributed by atoms with Gasteiger partial charge >= 0.3 is 5.97 Å². The number of aromatic amines is 1. The third-order valence-electron chi connectivity index (χ3n) is 2.83. The van der Waals surface area contributed by atoms with Crippen molar-refractivity contribution in [3.63, 3.8) is 0 Å². The number of rotatable bonds is 4. The highest BCUT2D eigenvalue weighted by Crippen LogP contribution is 2.36. The lowest BCUT2D eigenvalue weighted by Gasteiger charge is -2.12. The third kappa shape index (κ3) is 2.24. The molecule has 1 aromatic carbocycles. The van der Waals surface area contributed by atoms with Gasteiger partial charge in [-0.2, -0.15) is 0 Å². The van der Waals surface area contributed by atoms with Gasteiger partial charge in [-0.1, -0.05) is 0 Å². The van der Waals surface area contributed by atoms with E-state index in [1.165, 1.54) is 13.4 Å². The number of carboxylic acid groups (broad SMARTS) is 1. The molecule has 6 nitrogen and oxygen atoms in total. The Balaban J connectivity index is 2.66. The van der Waals surface area contributed by atoms with E-state index < -0.39 is 5.97 Å². The maximum atomic E-state index is 11.1. The van der Waals surface area contributed by atoms with Crippen molar-refractivity contribution in [2.75, 3.05) is 14.2 Å². The Bertz CT molecular complexity index is 619. The van der Waals surface area contributed by atoms with Gasteiger partial charge in [0.25, 0.3) is 0 Å². The second-order valence-corrected chi connectivity index (χ2v) is 3.95. The molecule has 0 radical (unpaired) electrons. The van der Waals surface area contributed by atoms with Crippen LogP contribution in [0.3, 0.4) is 0 Å². The van der Waals surface area contributed by atoms with Gasteiger partial charge in [-0.25, -0.2) is 9.78 Å². The van der Waals surface area contributed by atoms with Crippen molar-refractivity contribution in [2.24, 2.45) is 0 Å². The van der Waals surface area contributed by atoms with Crippen molar-refractivity contribution in [1.82, 2.24) is 9.97 Å². The fourth-order valence-corrected chi connectivity index (χ4v) is 1.90. The number of aromatic carboxylic acids is 1. The number of benzene rings is 1. The minimum Gasteiger partial charge on any atom is -0.496 e. The van der Waals surface area contributed by atoms with Crippen molar-refractivity contribution in [3.8, 4) is 22.8 Å². The molecule has 0 unspecified atom stereocenters. The van der Waals surface area contributed by atoms with Gasteiger partial charge in [0.15, 0.2) is 5.69 Å². The summed E-state index contributed by atoms with van der Waals surface area (Å²) >= 11 is 0. The van der Waals surface area contributed by atoms with E-state index in [0.29, 0.717) is 22.8 Å². The highest BCUT2D eigenvalue weighted by atomic mass is 16.5. The fraction of sp³-hybridized carbons (Fsp3) is 0.231. The number of aryl methyl sites for hydroxylation is 1. The molecule has 19 heavy (non-hydrogen) atoms. The summed E-state index contributed by atoms with van der Waals surface area (Å²) in [4.78, 5) is 17.8. The standard InChI is InChI=1S/C13H14N2O4/c1-7-4-10(19-3)8(5-9(7)18-2)11-12(13(16)17)15-6-14-11/h4-6H,1-3H3,(H,14,15)(H,16,17). The van der Waals surface area contributed by atoms with Crippen molar-refractivity contribution in [1.29, 1.82) is 0 Å². The summed E-state index contributed by atoms with van der Waals surface area (Å²) in [6, 6.07) is 3.51. The summed E-state index contributed by atoms with van der Waals surface area (Å²) in [5.74, 6) is 0.122. The van der Waals surface area contributed by atoms with E-state index in [9.17, 15) is 4.79 Å². The molecule has 0 saturated carbocycles. The molecule has 0 amide bonds. The van der Waals surface area contributed by atoms with E-state index in [-0.39, 0.29) is 5.69 Å². The topological polar surface area (TPSA) is 84.4 Å². The predicted octanol–water partition coefficient (Wildman–Crippen LogP) is 2.10. The number of ether oxygens (including phenoxy) is 2. The molecule has 0 aliphatic rings. The van der Waals surface area contributed by atoms with Crippen LogP contribution < -0.4 is 9.47 Å².